The molecule has 2 N–H and O–H groups in total. The third-order valence-corrected chi connectivity index (χ3v) is 4.58. The Morgan fingerprint density at radius 3 is 2.68 bits per heavy atom. The van der Waals surface area contributed by atoms with Crippen molar-refractivity contribution in [3.8, 4) is 5.75 Å². The van der Waals surface area contributed by atoms with Gasteiger partial charge in [0.15, 0.2) is 0 Å². The molecule has 0 aliphatic heterocycles. The Bertz CT molecular complexity index is 600. The van der Waals surface area contributed by atoms with E-state index in [1.807, 2.05) is 0 Å². The van der Waals surface area contributed by atoms with Gasteiger partial charge < -0.3 is 15.2 Å². The summed E-state index contributed by atoms with van der Waals surface area (Å²) < 4.78 is 5.78. The second-order valence-corrected chi connectivity index (χ2v) is 6.46. The summed E-state index contributed by atoms with van der Waals surface area (Å²) in [7, 11) is 0. The van der Waals surface area contributed by atoms with E-state index in [-0.39, 0.29) is 5.91 Å². The van der Waals surface area contributed by atoms with Gasteiger partial charge in [0, 0.05) is 5.02 Å². The highest BCUT2D eigenvalue weighted by Crippen LogP contribution is 2.40. The van der Waals surface area contributed by atoms with Crippen LogP contribution < -0.4 is 10.1 Å². The molecule has 22 heavy (non-hydrogen) atoms. The van der Waals surface area contributed by atoms with Crippen molar-refractivity contribution in [1.82, 2.24) is 0 Å². The van der Waals surface area contributed by atoms with Crippen LogP contribution in [0.4, 0.5) is 5.69 Å². The number of hydrogen-bond acceptors (Lipinski definition) is 3. The lowest BCUT2D eigenvalue weighted by molar-refractivity contribution is -0.139. The Morgan fingerprint density at radius 1 is 1.32 bits per heavy atom. The molecule has 3 rings (SSSR count). The summed E-state index contributed by atoms with van der Waals surface area (Å²) in [6.45, 7) is 0.631. The van der Waals surface area contributed by atoms with Crippen LogP contribution in [-0.4, -0.2) is 23.6 Å². The highest BCUT2D eigenvalue weighted by atomic mass is 35.5. The maximum absolute atomic E-state index is 12.1. The number of carboxylic acid groups (broad SMARTS) is 1. The molecule has 0 saturated heterocycles. The molecule has 2 aliphatic rings. The van der Waals surface area contributed by atoms with Gasteiger partial charge in [-0.05, 0) is 43.4 Å². The first kappa shape index (κ1) is 15.2. The van der Waals surface area contributed by atoms with Crippen molar-refractivity contribution >= 4 is 29.2 Å². The number of carbonyl (C=O) groups excluding carboxylic acids is 1. The van der Waals surface area contributed by atoms with Gasteiger partial charge in [0.25, 0.3) is 0 Å². The number of hydrogen-bond donors (Lipinski definition) is 2. The molecule has 0 spiro atoms. The van der Waals surface area contributed by atoms with Gasteiger partial charge in [-0.25, -0.2) is 0 Å². The van der Waals surface area contributed by atoms with Crippen molar-refractivity contribution in [1.29, 1.82) is 0 Å². The predicted molar refractivity (Wildman–Crippen MR) is 82.2 cm³/mol. The Kier molecular flexibility index (Phi) is 4.25. The molecule has 2 saturated carbocycles. The normalized spacial score (nSPS) is 23.5. The van der Waals surface area contributed by atoms with E-state index in [0.29, 0.717) is 35.4 Å². The van der Waals surface area contributed by atoms with Gasteiger partial charge in [0.05, 0.1) is 24.1 Å². The Balaban J connectivity index is 1.64. The first-order valence-corrected chi connectivity index (χ1v) is 7.88. The molecule has 0 radical (unpaired) electrons. The third kappa shape index (κ3) is 3.35. The molecular weight excluding hydrogens is 306 g/mol. The van der Waals surface area contributed by atoms with Crippen LogP contribution in [0.25, 0.3) is 0 Å². The summed E-state index contributed by atoms with van der Waals surface area (Å²) in [6, 6.07) is 5.08. The van der Waals surface area contributed by atoms with Crippen LogP contribution in [0.5, 0.6) is 5.75 Å². The lowest BCUT2D eigenvalue weighted by atomic mass is 9.86. The minimum absolute atomic E-state index is 0.289. The van der Waals surface area contributed by atoms with Crippen molar-refractivity contribution in [3.05, 3.63) is 23.2 Å². The van der Waals surface area contributed by atoms with Gasteiger partial charge in [-0.2, -0.15) is 0 Å². The van der Waals surface area contributed by atoms with E-state index < -0.39 is 17.8 Å². The summed E-state index contributed by atoms with van der Waals surface area (Å²) in [5.41, 5.74) is 0.507. The molecule has 0 bridgehead atoms. The first-order chi connectivity index (χ1) is 10.5. The number of carboxylic acids is 1. The average Bonchev–Trinajstić information content (AvgIpc) is 3.19. The molecular formula is C16H18ClNO4. The zero-order chi connectivity index (χ0) is 15.7. The molecule has 6 heteroatoms. The van der Waals surface area contributed by atoms with Crippen LogP contribution in [-0.2, 0) is 9.59 Å². The number of benzene rings is 1. The van der Waals surface area contributed by atoms with E-state index in [9.17, 15) is 9.59 Å². The topological polar surface area (TPSA) is 75.6 Å². The number of rotatable bonds is 6. The van der Waals surface area contributed by atoms with Gasteiger partial charge in [0.2, 0.25) is 5.91 Å². The number of nitrogens with one attached hydrogen (secondary N) is 1. The third-order valence-electron chi connectivity index (χ3n) is 4.34. The number of anilines is 1. The molecule has 2 fully saturated rings. The van der Waals surface area contributed by atoms with Crippen LogP contribution in [0.3, 0.4) is 0 Å². The van der Waals surface area contributed by atoms with E-state index in [1.165, 1.54) is 19.3 Å². The van der Waals surface area contributed by atoms with Crippen LogP contribution in [0.2, 0.25) is 5.02 Å². The largest absolute Gasteiger partial charge is 0.491 e. The van der Waals surface area contributed by atoms with Crippen molar-refractivity contribution in [2.75, 3.05) is 11.9 Å². The fourth-order valence-corrected chi connectivity index (χ4v) is 2.75. The minimum Gasteiger partial charge on any atom is -0.491 e. The molecule has 0 heterocycles. The summed E-state index contributed by atoms with van der Waals surface area (Å²) in [5, 5.41) is 12.1. The van der Waals surface area contributed by atoms with E-state index in [1.54, 1.807) is 18.2 Å². The number of halogens is 1. The van der Waals surface area contributed by atoms with Gasteiger partial charge in [-0.15, -0.1) is 0 Å². The summed E-state index contributed by atoms with van der Waals surface area (Å²) in [5.74, 6) is -1.08. The first-order valence-electron chi connectivity index (χ1n) is 7.50. The quantitative estimate of drug-likeness (QED) is 0.843. The standard InChI is InChI=1S/C16H18ClNO4/c17-10-4-5-14(22-8-9-2-1-3-9)13(6-10)18-15(19)11-7-12(11)16(20)21/h4-6,9,11-12H,1-3,7-8H2,(H,18,19)(H,20,21). The van der Waals surface area contributed by atoms with Gasteiger partial charge >= 0.3 is 5.97 Å². The fourth-order valence-electron chi connectivity index (χ4n) is 2.58. The van der Waals surface area contributed by atoms with Gasteiger partial charge in [-0.3, -0.25) is 9.59 Å². The fraction of sp³-hybridized carbons (Fsp3) is 0.500. The number of carbonyl (C=O) groups is 2. The highest BCUT2D eigenvalue weighted by molar-refractivity contribution is 6.31. The van der Waals surface area contributed by atoms with Crippen molar-refractivity contribution in [3.63, 3.8) is 0 Å². The Hall–Kier alpha value is -1.75. The SMILES string of the molecule is O=C(O)C1CC1C(=O)Nc1cc(Cl)ccc1OCC1CCC1. The number of amides is 1. The maximum Gasteiger partial charge on any atom is 0.307 e. The Labute approximate surface area is 133 Å². The zero-order valence-electron chi connectivity index (χ0n) is 12.0. The summed E-state index contributed by atoms with van der Waals surface area (Å²) in [4.78, 5) is 22.9. The predicted octanol–water partition coefficient (Wildman–Crippen LogP) is 3.18. The second-order valence-electron chi connectivity index (χ2n) is 6.02. The Morgan fingerprint density at radius 2 is 2.09 bits per heavy atom. The van der Waals surface area contributed by atoms with Crippen LogP contribution in [0, 0.1) is 17.8 Å². The smallest absolute Gasteiger partial charge is 0.307 e. The van der Waals surface area contributed by atoms with Crippen LogP contribution >= 0.6 is 11.6 Å². The van der Waals surface area contributed by atoms with E-state index in [0.717, 1.165) is 0 Å². The van der Waals surface area contributed by atoms with E-state index in [4.69, 9.17) is 21.4 Å². The second kappa shape index (κ2) is 6.16. The average molecular weight is 324 g/mol. The molecule has 1 amide bonds. The van der Waals surface area contributed by atoms with Crippen molar-refractivity contribution in [2.24, 2.45) is 17.8 Å². The highest BCUT2D eigenvalue weighted by Gasteiger charge is 2.48. The summed E-state index contributed by atoms with van der Waals surface area (Å²) >= 11 is 5.97. The number of ether oxygens (including phenoxy) is 1. The lowest BCUT2D eigenvalue weighted by Crippen LogP contribution is -2.21. The van der Waals surface area contributed by atoms with Crippen LogP contribution in [0.15, 0.2) is 18.2 Å². The van der Waals surface area contributed by atoms with Crippen molar-refractivity contribution in [2.45, 2.75) is 25.7 Å². The maximum atomic E-state index is 12.1. The molecule has 2 unspecified atom stereocenters. The monoisotopic (exact) mass is 323 g/mol. The molecule has 118 valence electrons. The van der Waals surface area contributed by atoms with E-state index >= 15 is 0 Å². The van der Waals surface area contributed by atoms with Gasteiger partial charge in [0.1, 0.15) is 5.75 Å². The zero-order valence-corrected chi connectivity index (χ0v) is 12.8. The summed E-state index contributed by atoms with van der Waals surface area (Å²) in [6.07, 6.45) is 3.99. The molecule has 1 aromatic carbocycles. The van der Waals surface area contributed by atoms with Crippen LogP contribution in [0.1, 0.15) is 25.7 Å². The number of aliphatic carboxylic acids is 1. The molecule has 5 nitrogen and oxygen atoms in total. The minimum atomic E-state index is -0.923. The lowest BCUT2D eigenvalue weighted by Gasteiger charge is -2.25. The van der Waals surface area contributed by atoms with Crippen molar-refractivity contribution < 1.29 is 19.4 Å². The molecule has 2 aliphatic carbocycles. The molecule has 0 aromatic heterocycles. The molecule has 1 aromatic rings. The van der Waals surface area contributed by atoms with E-state index in [2.05, 4.69) is 5.32 Å². The van der Waals surface area contributed by atoms with Gasteiger partial charge in [-0.1, -0.05) is 18.0 Å². The molecule has 2 atom stereocenters.